The Kier molecular flexibility index (Phi) is 20.2. The third-order valence-electron chi connectivity index (χ3n) is 3.42. The Morgan fingerprint density at radius 1 is 0.684 bits per heavy atom. The Balaban J connectivity index is 0. The fourth-order valence-corrected chi connectivity index (χ4v) is 2.19. The molecule has 0 atom stereocenters. The number of likely N-dealkylation sites (N-methyl/N-ethyl adjacent to an activating group) is 1. The molecular formula is C17H36ClN. The van der Waals surface area contributed by atoms with E-state index >= 15 is 0 Å². The largest absolute Gasteiger partial charge is 1.00 e. The molecule has 0 saturated carbocycles. The second-order valence-electron chi connectivity index (χ2n) is 5.85. The third kappa shape index (κ3) is 20.5. The predicted molar refractivity (Wildman–Crippen MR) is 83.3 cm³/mol. The van der Waals surface area contributed by atoms with Gasteiger partial charge >= 0.3 is 0 Å². The molecule has 0 amide bonds. The molecule has 0 aliphatic rings. The van der Waals surface area contributed by atoms with Crippen molar-refractivity contribution in [3.05, 3.63) is 12.2 Å². The molecule has 0 aromatic heterocycles. The minimum Gasteiger partial charge on any atom is -1.00 e. The van der Waals surface area contributed by atoms with Crippen LogP contribution in [0.25, 0.3) is 0 Å². The topological polar surface area (TPSA) is 4.44 Å². The first-order chi connectivity index (χ1) is 8.77. The summed E-state index contributed by atoms with van der Waals surface area (Å²) >= 11 is 0. The minimum atomic E-state index is 0. The SMILES string of the molecule is CCCCCCCCCCCC/C=C/C[NH+](C)C.[Cl-]. The second-order valence-corrected chi connectivity index (χ2v) is 5.85. The summed E-state index contributed by atoms with van der Waals surface area (Å²) in [4.78, 5) is 1.51. The highest BCUT2D eigenvalue weighted by Crippen LogP contribution is 2.11. The first-order valence-electron chi connectivity index (χ1n) is 8.21. The van der Waals surface area contributed by atoms with E-state index in [2.05, 4.69) is 33.2 Å². The molecule has 0 saturated heterocycles. The zero-order chi connectivity index (χ0) is 13.5. The van der Waals surface area contributed by atoms with Gasteiger partial charge < -0.3 is 17.3 Å². The smallest absolute Gasteiger partial charge is 0.0953 e. The molecule has 2 heteroatoms. The molecule has 0 aromatic rings. The Morgan fingerprint density at radius 3 is 1.63 bits per heavy atom. The average Bonchev–Trinajstić information content (AvgIpc) is 2.34. The molecule has 0 aliphatic carbocycles. The number of nitrogens with one attached hydrogen (secondary N) is 1. The molecule has 116 valence electrons. The van der Waals surface area contributed by atoms with Crippen molar-refractivity contribution in [2.45, 2.75) is 77.6 Å². The minimum absolute atomic E-state index is 0. The van der Waals surface area contributed by atoms with E-state index in [-0.39, 0.29) is 12.4 Å². The molecule has 0 rings (SSSR count). The van der Waals surface area contributed by atoms with Gasteiger partial charge in [-0.15, -0.1) is 0 Å². The average molecular weight is 290 g/mol. The summed E-state index contributed by atoms with van der Waals surface area (Å²) in [6, 6.07) is 0. The number of rotatable bonds is 13. The van der Waals surface area contributed by atoms with E-state index in [0.717, 1.165) is 6.54 Å². The maximum Gasteiger partial charge on any atom is 0.0953 e. The lowest BCUT2D eigenvalue weighted by molar-refractivity contribution is -0.851. The standard InChI is InChI=1S/C17H35N.ClH/c1-4-5-6-7-8-9-10-11-12-13-14-15-16-17-18(2)3;/h15-16H,4-14,17H2,1-3H3;1H/b16-15+;. The number of allylic oxidation sites excluding steroid dienone is 1. The Morgan fingerprint density at radius 2 is 1.16 bits per heavy atom. The molecular weight excluding hydrogens is 254 g/mol. The molecule has 0 fully saturated rings. The molecule has 1 N–H and O–H groups in total. The van der Waals surface area contributed by atoms with Crippen LogP contribution in [0.5, 0.6) is 0 Å². The van der Waals surface area contributed by atoms with Crippen LogP contribution < -0.4 is 17.3 Å². The van der Waals surface area contributed by atoms with Crippen LogP contribution in [0, 0.1) is 0 Å². The summed E-state index contributed by atoms with van der Waals surface area (Å²) in [6.07, 6.45) is 20.3. The first kappa shape index (κ1) is 21.3. The van der Waals surface area contributed by atoms with Crippen molar-refractivity contribution >= 4 is 0 Å². The fourth-order valence-electron chi connectivity index (χ4n) is 2.19. The Hall–Kier alpha value is -0.0100. The molecule has 0 bridgehead atoms. The van der Waals surface area contributed by atoms with Crippen molar-refractivity contribution < 1.29 is 17.3 Å². The van der Waals surface area contributed by atoms with Gasteiger partial charge in [-0.2, -0.15) is 0 Å². The van der Waals surface area contributed by atoms with Crippen molar-refractivity contribution in [1.29, 1.82) is 0 Å². The van der Waals surface area contributed by atoms with Gasteiger partial charge in [0, 0.05) is 0 Å². The van der Waals surface area contributed by atoms with Crippen molar-refractivity contribution in [3.63, 3.8) is 0 Å². The highest BCUT2D eigenvalue weighted by Gasteiger charge is 1.92. The molecule has 1 nitrogen and oxygen atoms in total. The first-order valence-corrected chi connectivity index (χ1v) is 8.21. The second kappa shape index (κ2) is 18.0. The quantitative estimate of drug-likeness (QED) is 0.381. The summed E-state index contributed by atoms with van der Waals surface area (Å²) < 4.78 is 0. The number of quaternary nitrogens is 1. The maximum atomic E-state index is 2.36. The Bertz CT molecular complexity index is 178. The van der Waals surface area contributed by atoms with E-state index in [1.165, 1.54) is 75.5 Å². The van der Waals surface area contributed by atoms with E-state index < -0.39 is 0 Å². The lowest BCUT2D eigenvalue weighted by atomic mass is 10.1. The van der Waals surface area contributed by atoms with Crippen LogP contribution in [0.1, 0.15) is 77.6 Å². The van der Waals surface area contributed by atoms with E-state index in [9.17, 15) is 0 Å². The van der Waals surface area contributed by atoms with Gasteiger partial charge in [-0.3, -0.25) is 0 Å². The summed E-state index contributed by atoms with van der Waals surface area (Å²) in [7, 11) is 4.40. The van der Waals surface area contributed by atoms with Crippen LogP contribution in [0.2, 0.25) is 0 Å². The molecule has 0 unspecified atom stereocenters. The number of hydrogen-bond acceptors (Lipinski definition) is 0. The van der Waals surface area contributed by atoms with Crippen LogP contribution in [-0.2, 0) is 0 Å². The van der Waals surface area contributed by atoms with Gasteiger partial charge in [-0.05, 0) is 18.9 Å². The summed E-state index contributed by atoms with van der Waals surface area (Å²) in [5.41, 5.74) is 0. The van der Waals surface area contributed by atoms with Crippen molar-refractivity contribution in [2.75, 3.05) is 20.6 Å². The number of hydrogen-bond donors (Lipinski definition) is 1. The van der Waals surface area contributed by atoms with Crippen LogP contribution in [0.4, 0.5) is 0 Å². The zero-order valence-electron chi connectivity index (χ0n) is 13.5. The van der Waals surface area contributed by atoms with Gasteiger partial charge in [-0.25, -0.2) is 0 Å². The molecule has 0 aliphatic heterocycles. The molecule has 0 radical (unpaired) electrons. The summed E-state index contributed by atoms with van der Waals surface area (Å²) in [5.74, 6) is 0. The van der Waals surface area contributed by atoms with Gasteiger partial charge in [0.15, 0.2) is 0 Å². The van der Waals surface area contributed by atoms with Crippen molar-refractivity contribution in [3.8, 4) is 0 Å². The fraction of sp³-hybridized carbons (Fsp3) is 0.882. The lowest BCUT2D eigenvalue weighted by Crippen LogP contribution is -3.05. The normalized spacial score (nSPS) is 11.2. The van der Waals surface area contributed by atoms with E-state index in [1.807, 2.05) is 0 Å². The molecule has 0 heterocycles. The van der Waals surface area contributed by atoms with Crippen molar-refractivity contribution in [2.24, 2.45) is 0 Å². The summed E-state index contributed by atoms with van der Waals surface area (Å²) in [6.45, 7) is 3.45. The highest BCUT2D eigenvalue weighted by molar-refractivity contribution is 4.80. The predicted octanol–water partition coefficient (Wildman–Crippen LogP) is 1.00. The molecule has 0 aromatic carbocycles. The molecule has 0 spiro atoms. The highest BCUT2D eigenvalue weighted by atomic mass is 35.5. The third-order valence-corrected chi connectivity index (χ3v) is 3.42. The van der Waals surface area contributed by atoms with Gasteiger partial charge in [0.1, 0.15) is 0 Å². The van der Waals surface area contributed by atoms with E-state index in [4.69, 9.17) is 0 Å². The molecule has 19 heavy (non-hydrogen) atoms. The lowest BCUT2D eigenvalue weighted by Gasteiger charge is -2.02. The van der Waals surface area contributed by atoms with Gasteiger partial charge in [0.05, 0.1) is 20.6 Å². The van der Waals surface area contributed by atoms with Crippen LogP contribution in [0.3, 0.4) is 0 Å². The van der Waals surface area contributed by atoms with E-state index in [1.54, 1.807) is 0 Å². The van der Waals surface area contributed by atoms with E-state index in [0.29, 0.717) is 0 Å². The number of unbranched alkanes of at least 4 members (excludes halogenated alkanes) is 10. The summed E-state index contributed by atoms with van der Waals surface area (Å²) in [5, 5.41) is 0. The number of halogens is 1. The maximum absolute atomic E-state index is 2.36. The van der Waals surface area contributed by atoms with Crippen LogP contribution in [0.15, 0.2) is 12.2 Å². The van der Waals surface area contributed by atoms with Gasteiger partial charge in [0.25, 0.3) is 0 Å². The van der Waals surface area contributed by atoms with Gasteiger partial charge in [0.2, 0.25) is 0 Å². The van der Waals surface area contributed by atoms with Gasteiger partial charge in [-0.1, -0.05) is 70.8 Å². The van der Waals surface area contributed by atoms with Crippen LogP contribution >= 0.6 is 0 Å². The van der Waals surface area contributed by atoms with Crippen molar-refractivity contribution in [1.82, 2.24) is 0 Å². The monoisotopic (exact) mass is 289 g/mol. The zero-order valence-corrected chi connectivity index (χ0v) is 14.3. The Labute approximate surface area is 128 Å². The van der Waals surface area contributed by atoms with Crippen LogP contribution in [-0.4, -0.2) is 20.6 Å².